The molecule has 1 aromatic heterocycles. The van der Waals surface area contributed by atoms with Crippen LogP contribution in [0.5, 0.6) is 5.88 Å². The lowest BCUT2D eigenvalue weighted by molar-refractivity contribution is 0.0739. The first-order valence-corrected chi connectivity index (χ1v) is 7.83. The smallest absolute Gasteiger partial charge is 0.434 e. The number of carbonyl (C=O) groups is 2. The average Bonchev–Trinajstić information content (AvgIpc) is 2.80. The Morgan fingerprint density at radius 2 is 1.96 bits per heavy atom. The van der Waals surface area contributed by atoms with Crippen LogP contribution in [0.4, 0.5) is 9.59 Å². The van der Waals surface area contributed by atoms with Gasteiger partial charge in [-0.3, -0.25) is 0 Å². The molecule has 0 atom stereocenters. The molecule has 2 amide bonds. The standard InChI is InChI=1S/C14H22N4O6/c1-9(2)23-13(21)15-8-10-11(19)18(12(20)16-10)24-14(22)17-6-4-3-5-7-17/h9,19H,3-8H2,1-2H3,(H,15,21)(H,16,20). The fourth-order valence-electron chi connectivity index (χ4n) is 2.29. The largest absolute Gasteiger partial charge is 0.491 e. The van der Waals surface area contributed by atoms with Crippen LogP contribution in [0.2, 0.25) is 0 Å². The minimum Gasteiger partial charge on any atom is -0.491 e. The van der Waals surface area contributed by atoms with Gasteiger partial charge in [0, 0.05) is 13.1 Å². The highest BCUT2D eigenvalue weighted by Gasteiger charge is 2.23. The van der Waals surface area contributed by atoms with E-state index in [1.54, 1.807) is 13.8 Å². The predicted molar refractivity (Wildman–Crippen MR) is 82.6 cm³/mol. The van der Waals surface area contributed by atoms with Crippen LogP contribution in [0.1, 0.15) is 38.8 Å². The van der Waals surface area contributed by atoms with Crippen molar-refractivity contribution < 1.29 is 24.3 Å². The summed E-state index contributed by atoms with van der Waals surface area (Å²) in [7, 11) is 0. The number of rotatable bonds is 4. The number of H-pyrrole nitrogens is 1. The molecule has 0 saturated carbocycles. The molecule has 134 valence electrons. The number of nitrogens with zero attached hydrogens (tertiary/aromatic N) is 2. The topological polar surface area (TPSA) is 126 Å². The van der Waals surface area contributed by atoms with Gasteiger partial charge < -0.3 is 29.9 Å². The van der Waals surface area contributed by atoms with Crippen molar-refractivity contribution in [2.24, 2.45) is 0 Å². The van der Waals surface area contributed by atoms with Crippen LogP contribution in [0, 0.1) is 0 Å². The highest BCUT2D eigenvalue weighted by atomic mass is 16.7. The molecule has 10 nitrogen and oxygen atoms in total. The Labute approximate surface area is 138 Å². The average molecular weight is 342 g/mol. The van der Waals surface area contributed by atoms with Gasteiger partial charge in [0.15, 0.2) is 0 Å². The zero-order valence-electron chi connectivity index (χ0n) is 13.7. The molecule has 0 spiro atoms. The number of aromatic amines is 1. The molecule has 0 unspecified atom stereocenters. The lowest BCUT2D eigenvalue weighted by atomic mass is 10.1. The van der Waals surface area contributed by atoms with Crippen LogP contribution in [-0.4, -0.2) is 51.1 Å². The first kappa shape index (κ1) is 17.7. The molecule has 1 aromatic rings. The lowest BCUT2D eigenvalue weighted by Gasteiger charge is -2.25. The molecule has 3 N–H and O–H groups in total. The van der Waals surface area contributed by atoms with E-state index in [2.05, 4.69) is 10.3 Å². The van der Waals surface area contributed by atoms with Crippen molar-refractivity contribution in [3.8, 4) is 5.88 Å². The number of likely N-dealkylation sites (tertiary alicyclic amines) is 1. The molecule has 1 saturated heterocycles. The van der Waals surface area contributed by atoms with E-state index in [0.717, 1.165) is 19.3 Å². The van der Waals surface area contributed by atoms with Gasteiger partial charge in [0.05, 0.1) is 12.6 Å². The van der Waals surface area contributed by atoms with Gasteiger partial charge >= 0.3 is 17.9 Å². The van der Waals surface area contributed by atoms with E-state index in [0.29, 0.717) is 17.8 Å². The van der Waals surface area contributed by atoms with E-state index in [9.17, 15) is 19.5 Å². The molecule has 2 heterocycles. The van der Waals surface area contributed by atoms with Crippen molar-refractivity contribution in [2.45, 2.75) is 45.8 Å². The molecule has 1 aliphatic heterocycles. The molecule has 0 aromatic carbocycles. The van der Waals surface area contributed by atoms with Crippen molar-refractivity contribution >= 4 is 12.2 Å². The summed E-state index contributed by atoms with van der Waals surface area (Å²) in [4.78, 5) is 43.9. The fraction of sp³-hybridized carbons (Fsp3) is 0.643. The monoisotopic (exact) mass is 342 g/mol. The molecular formula is C14H22N4O6. The molecular weight excluding hydrogens is 320 g/mol. The summed E-state index contributed by atoms with van der Waals surface area (Å²) in [6.45, 7) is 4.30. The lowest BCUT2D eigenvalue weighted by Crippen LogP contribution is -2.42. The maximum Gasteiger partial charge on any atom is 0.434 e. The number of nitrogens with one attached hydrogen (secondary N) is 2. The number of piperidine rings is 1. The molecule has 1 aliphatic rings. The Morgan fingerprint density at radius 1 is 1.29 bits per heavy atom. The van der Waals surface area contributed by atoms with Crippen LogP contribution < -0.4 is 15.8 Å². The Morgan fingerprint density at radius 3 is 2.58 bits per heavy atom. The van der Waals surface area contributed by atoms with Crippen molar-refractivity contribution in [2.75, 3.05) is 13.1 Å². The Hall–Kier alpha value is -2.65. The van der Waals surface area contributed by atoms with Crippen LogP contribution in [-0.2, 0) is 11.3 Å². The number of ether oxygens (including phenoxy) is 1. The quantitative estimate of drug-likeness (QED) is 0.733. The third kappa shape index (κ3) is 4.43. The van der Waals surface area contributed by atoms with Gasteiger partial charge in [-0.1, -0.05) is 4.73 Å². The molecule has 10 heteroatoms. The van der Waals surface area contributed by atoms with Crippen LogP contribution in [0.25, 0.3) is 0 Å². The minimum absolute atomic E-state index is 0.00662. The Kier molecular flexibility index (Phi) is 5.72. The number of amides is 2. The number of hydrogen-bond donors (Lipinski definition) is 3. The number of hydrogen-bond acceptors (Lipinski definition) is 6. The highest BCUT2D eigenvalue weighted by molar-refractivity contribution is 5.68. The second-order valence-corrected chi connectivity index (χ2v) is 5.74. The summed E-state index contributed by atoms with van der Waals surface area (Å²) in [5.74, 6) is -0.574. The molecule has 2 rings (SSSR count). The van der Waals surface area contributed by atoms with Crippen LogP contribution in [0.3, 0.4) is 0 Å². The van der Waals surface area contributed by atoms with Gasteiger partial charge in [-0.05, 0) is 33.1 Å². The van der Waals surface area contributed by atoms with Gasteiger partial charge in [-0.25, -0.2) is 14.4 Å². The maximum absolute atomic E-state index is 12.0. The Bertz CT molecular complexity index is 644. The predicted octanol–water partition coefficient (Wildman–Crippen LogP) is 0.551. The van der Waals surface area contributed by atoms with Crippen molar-refractivity contribution in [3.63, 3.8) is 0 Å². The van der Waals surface area contributed by atoms with Gasteiger partial charge in [0.2, 0.25) is 0 Å². The maximum atomic E-state index is 12.0. The first-order valence-electron chi connectivity index (χ1n) is 7.83. The first-order chi connectivity index (χ1) is 11.4. The molecule has 0 radical (unpaired) electrons. The number of alkyl carbamates (subject to hydrolysis) is 1. The van der Waals surface area contributed by atoms with Gasteiger partial charge in [0.1, 0.15) is 5.69 Å². The fourth-order valence-corrected chi connectivity index (χ4v) is 2.29. The summed E-state index contributed by atoms with van der Waals surface area (Å²) >= 11 is 0. The Balaban J connectivity index is 1.99. The highest BCUT2D eigenvalue weighted by Crippen LogP contribution is 2.13. The van der Waals surface area contributed by atoms with Crippen molar-refractivity contribution in [3.05, 3.63) is 16.2 Å². The SMILES string of the molecule is CC(C)OC(=O)NCc1[nH]c(=O)n(OC(=O)N2CCCCC2)c1O. The number of carbonyl (C=O) groups excluding carboxylic acids is 2. The van der Waals surface area contributed by atoms with Crippen LogP contribution in [0.15, 0.2) is 4.79 Å². The summed E-state index contributed by atoms with van der Waals surface area (Å²) < 4.78 is 5.34. The van der Waals surface area contributed by atoms with Crippen LogP contribution >= 0.6 is 0 Å². The molecule has 24 heavy (non-hydrogen) atoms. The van der Waals surface area contributed by atoms with Crippen molar-refractivity contribution in [1.82, 2.24) is 19.9 Å². The number of imidazole rings is 1. The number of aromatic hydroxyl groups is 1. The zero-order chi connectivity index (χ0) is 17.7. The van der Waals surface area contributed by atoms with E-state index >= 15 is 0 Å². The summed E-state index contributed by atoms with van der Waals surface area (Å²) in [5, 5.41) is 12.4. The number of aromatic nitrogens is 2. The van der Waals surface area contributed by atoms with E-state index < -0.39 is 23.8 Å². The second kappa shape index (κ2) is 7.75. The minimum atomic E-state index is -0.813. The second-order valence-electron chi connectivity index (χ2n) is 5.74. The molecule has 1 fully saturated rings. The van der Waals surface area contributed by atoms with E-state index in [-0.39, 0.29) is 18.3 Å². The van der Waals surface area contributed by atoms with Gasteiger partial charge in [-0.2, -0.15) is 0 Å². The third-order valence-electron chi connectivity index (χ3n) is 3.44. The van der Waals surface area contributed by atoms with Gasteiger partial charge in [-0.15, -0.1) is 0 Å². The third-order valence-corrected chi connectivity index (χ3v) is 3.44. The van der Waals surface area contributed by atoms with Crippen molar-refractivity contribution in [1.29, 1.82) is 0 Å². The normalized spacial score (nSPS) is 14.5. The van der Waals surface area contributed by atoms with E-state index in [4.69, 9.17) is 9.57 Å². The summed E-state index contributed by atoms with van der Waals surface area (Å²) in [5.41, 5.74) is -0.806. The molecule has 0 aliphatic carbocycles. The van der Waals surface area contributed by atoms with Gasteiger partial charge in [0.25, 0.3) is 5.88 Å². The summed E-state index contributed by atoms with van der Waals surface area (Å²) in [6.07, 6.45) is 1.09. The van der Waals surface area contributed by atoms with E-state index in [1.165, 1.54) is 4.90 Å². The zero-order valence-corrected chi connectivity index (χ0v) is 13.7. The summed E-state index contributed by atoms with van der Waals surface area (Å²) in [6, 6.07) is 0. The molecule has 0 bridgehead atoms. The van der Waals surface area contributed by atoms with E-state index in [1.807, 2.05) is 0 Å².